The normalized spacial score (nSPS) is 14.2. The summed E-state index contributed by atoms with van der Waals surface area (Å²) in [5.74, 6) is 0.477. The van der Waals surface area contributed by atoms with Crippen LogP contribution in [0, 0.1) is 0 Å². The van der Waals surface area contributed by atoms with Gasteiger partial charge in [-0.25, -0.2) is 4.99 Å². The van der Waals surface area contributed by atoms with E-state index < -0.39 is 0 Å². The Bertz CT molecular complexity index is 717. The maximum absolute atomic E-state index is 6.10. The molecule has 4 nitrogen and oxygen atoms in total. The number of rotatable bonds is 4. The van der Waals surface area contributed by atoms with Crippen LogP contribution in [0.4, 0.5) is 11.4 Å². The monoisotopic (exact) mass is 322 g/mol. The predicted octanol–water partition coefficient (Wildman–Crippen LogP) is 3.56. The Balaban J connectivity index is 1.66. The van der Waals surface area contributed by atoms with Gasteiger partial charge in [0, 0.05) is 25.5 Å². The van der Waals surface area contributed by atoms with Crippen LogP contribution in [0.15, 0.2) is 47.5 Å². The van der Waals surface area contributed by atoms with Crippen molar-refractivity contribution < 1.29 is 0 Å². The number of fused-ring (bicyclic) bond motifs is 1. The van der Waals surface area contributed by atoms with Gasteiger partial charge in [0.05, 0.1) is 6.54 Å². The minimum atomic E-state index is 0.477. The number of hydrogen-bond acceptors (Lipinski definition) is 2. The molecule has 2 aromatic carbocycles. The lowest BCUT2D eigenvalue weighted by molar-refractivity contribution is 0.687. The molecule has 0 saturated carbocycles. The molecule has 4 heteroatoms. The highest BCUT2D eigenvalue weighted by molar-refractivity contribution is 5.93. The van der Waals surface area contributed by atoms with Gasteiger partial charge in [-0.1, -0.05) is 24.3 Å². The molecule has 0 heterocycles. The van der Waals surface area contributed by atoms with Gasteiger partial charge in [-0.15, -0.1) is 0 Å². The van der Waals surface area contributed by atoms with Crippen molar-refractivity contribution in [3.05, 3.63) is 59.2 Å². The Hall–Kier alpha value is -2.49. The van der Waals surface area contributed by atoms with Gasteiger partial charge in [-0.05, 0) is 60.6 Å². The molecule has 126 valence electrons. The number of aryl methyl sites for hydroxylation is 1. The SMILES string of the molecule is CN(C)c1ccc(CN=C(N)Nc2cccc3c2CCCC3)cc1. The Labute approximate surface area is 144 Å². The average Bonchev–Trinajstić information content (AvgIpc) is 2.61. The quantitative estimate of drug-likeness (QED) is 0.668. The highest BCUT2D eigenvalue weighted by atomic mass is 15.1. The molecule has 0 saturated heterocycles. The summed E-state index contributed by atoms with van der Waals surface area (Å²) in [5.41, 5.74) is 12.4. The summed E-state index contributed by atoms with van der Waals surface area (Å²) in [7, 11) is 4.07. The average molecular weight is 322 g/mol. The molecule has 0 aromatic heterocycles. The highest BCUT2D eigenvalue weighted by Gasteiger charge is 2.13. The first kappa shape index (κ1) is 16.4. The van der Waals surface area contributed by atoms with E-state index in [1.807, 2.05) is 14.1 Å². The molecule has 0 bridgehead atoms. The summed E-state index contributed by atoms with van der Waals surface area (Å²) in [5, 5.41) is 3.29. The first-order valence-electron chi connectivity index (χ1n) is 8.57. The highest BCUT2D eigenvalue weighted by Crippen LogP contribution is 2.27. The van der Waals surface area contributed by atoms with E-state index in [0.717, 1.165) is 17.7 Å². The van der Waals surface area contributed by atoms with Crippen LogP contribution < -0.4 is 16.0 Å². The standard InChI is InChI=1S/C20H26N4/c1-24(2)17-12-10-15(11-13-17)14-22-20(21)23-19-9-5-7-16-6-3-4-8-18(16)19/h5,7,9-13H,3-4,6,8,14H2,1-2H3,(H3,21,22,23). The van der Waals surface area contributed by atoms with Gasteiger partial charge in [-0.3, -0.25) is 0 Å². The summed E-state index contributed by atoms with van der Waals surface area (Å²) < 4.78 is 0. The van der Waals surface area contributed by atoms with Crippen LogP contribution in [0.2, 0.25) is 0 Å². The van der Waals surface area contributed by atoms with E-state index in [2.05, 4.69) is 57.7 Å². The third-order valence-electron chi connectivity index (χ3n) is 4.54. The third-order valence-corrected chi connectivity index (χ3v) is 4.54. The molecule has 0 aliphatic heterocycles. The molecule has 0 radical (unpaired) electrons. The maximum Gasteiger partial charge on any atom is 0.193 e. The van der Waals surface area contributed by atoms with E-state index in [4.69, 9.17) is 5.73 Å². The molecule has 0 unspecified atom stereocenters. The Morgan fingerprint density at radius 2 is 1.83 bits per heavy atom. The molecule has 0 fully saturated rings. The van der Waals surface area contributed by atoms with Crippen LogP contribution in [-0.2, 0) is 19.4 Å². The molecule has 24 heavy (non-hydrogen) atoms. The fourth-order valence-electron chi connectivity index (χ4n) is 3.15. The number of benzene rings is 2. The van der Waals surface area contributed by atoms with Crippen LogP contribution in [0.5, 0.6) is 0 Å². The van der Waals surface area contributed by atoms with Gasteiger partial charge >= 0.3 is 0 Å². The summed E-state index contributed by atoms with van der Waals surface area (Å²) in [6, 6.07) is 14.8. The number of anilines is 2. The molecule has 3 N–H and O–H groups in total. The molecule has 1 aliphatic carbocycles. The van der Waals surface area contributed by atoms with Crippen LogP contribution in [0.25, 0.3) is 0 Å². The topological polar surface area (TPSA) is 53.6 Å². The van der Waals surface area contributed by atoms with Gasteiger partial charge in [0.25, 0.3) is 0 Å². The predicted molar refractivity (Wildman–Crippen MR) is 103 cm³/mol. The van der Waals surface area contributed by atoms with Crippen molar-refractivity contribution in [2.45, 2.75) is 32.2 Å². The minimum absolute atomic E-state index is 0.477. The number of nitrogens with two attached hydrogens (primary N) is 1. The summed E-state index contributed by atoms with van der Waals surface area (Å²) >= 11 is 0. The summed E-state index contributed by atoms with van der Waals surface area (Å²) in [4.78, 5) is 6.57. The van der Waals surface area contributed by atoms with Crippen molar-refractivity contribution >= 4 is 17.3 Å². The fourth-order valence-corrected chi connectivity index (χ4v) is 3.15. The van der Waals surface area contributed by atoms with E-state index in [0.29, 0.717) is 12.5 Å². The minimum Gasteiger partial charge on any atom is -0.378 e. The molecule has 0 spiro atoms. The lowest BCUT2D eigenvalue weighted by Crippen LogP contribution is -2.24. The van der Waals surface area contributed by atoms with Crippen molar-refractivity contribution in [1.82, 2.24) is 0 Å². The second kappa shape index (κ2) is 7.39. The number of guanidine groups is 1. The van der Waals surface area contributed by atoms with Gasteiger partial charge in [-0.2, -0.15) is 0 Å². The molecule has 0 amide bonds. The molecule has 0 atom stereocenters. The van der Waals surface area contributed by atoms with E-state index in [1.54, 1.807) is 0 Å². The second-order valence-electron chi connectivity index (χ2n) is 6.54. The van der Waals surface area contributed by atoms with E-state index in [-0.39, 0.29) is 0 Å². The van der Waals surface area contributed by atoms with Crippen molar-refractivity contribution in [3.63, 3.8) is 0 Å². The smallest absolute Gasteiger partial charge is 0.193 e. The third kappa shape index (κ3) is 3.88. The zero-order chi connectivity index (χ0) is 16.9. The first-order chi connectivity index (χ1) is 11.6. The lowest BCUT2D eigenvalue weighted by atomic mass is 9.90. The van der Waals surface area contributed by atoms with E-state index in [9.17, 15) is 0 Å². The van der Waals surface area contributed by atoms with Crippen molar-refractivity contribution in [1.29, 1.82) is 0 Å². The Morgan fingerprint density at radius 3 is 2.58 bits per heavy atom. The van der Waals surface area contributed by atoms with E-state index >= 15 is 0 Å². The van der Waals surface area contributed by atoms with Crippen molar-refractivity contribution in [2.75, 3.05) is 24.3 Å². The van der Waals surface area contributed by atoms with Crippen LogP contribution in [-0.4, -0.2) is 20.1 Å². The Kier molecular flexibility index (Phi) is 5.04. The fraction of sp³-hybridized carbons (Fsp3) is 0.350. The van der Waals surface area contributed by atoms with Gasteiger partial charge < -0.3 is 16.0 Å². The Morgan fingerprint density at radius 1 is 1.08 bits per heavy atom. The zero-order valence-electron chi connectivity index (χ0n) is 14.5. The molecule has 2 aromatic rings. The second-order valence-corrected chi connectivity index (χ2v) is 6.54. The van der Waals surface area contributed by atoms with Gasteiger partial charge in [0.1, 0.15) is 0 Å². The molecule has 3 rings (SSSR count). The summed E-state index contributed by atoms with van der Waals surface area (Å²) in [6.45, 7) is 0.585. The van der Waals surface area contributed by atoms with Crippen LogP contribution in [0.1, 0.15) is 29.5 Å². The molecule has 1 aliphatic rings. The molecular formula is C20H26N4. The largest absolute Gasteiger partial charge is 0.378 e. The first-order valence-corrected chi connectivity index (χ1v) is 8.57. The summed E-state index contributed by atoms with van der Waals surface area (Å²) in [6.07, 6.45) is 4.82. The number of aliphatic imine (C=N–C) groups is 1. The van der Waals surface area contributed by atoms with Crippen LogP contribution >= 0.6 is 0 Å². The van der Waals surface area contributed by atoms with Gasteiger partial charge in [0.15, 0.2) is 5.96 Å². The van der Waals surface area contributed by atoms with Gasteiger partial charge in [0.2, 0.25) is 0 Å². The number of hydrogen-bond donors (Lipinski definition) is 2. The van der Waals surface area contributed by atoms with E-state index in [1.165, 1.54) is 36.1 Å². The zero-order valence-corrected chi connectivity index (χ0v) is 14.5. The maximum atomic E-state index is 6.10. The number of nitrogens with zero attached hydrogens (tertiary/aromatic N) is 2. The lowest BCUT2D eigenvalue weighted by Gasteiger charge is -2.19. The number of nitrogens with one attached hydrogen (secondary N) is 1. The molecular weight excluding hydrogens is 296 g/mol. The van der Waals surface area contributed by atoms with Crippen molar-refractivity contribution in [3.8, 4) is 0 Å². The van der Waals surface area contributed by atoms with Crippen molar-refractivity contribution in [2.24, 2.45) is 10.7 Å². The van der Waals surface area contributed by atoms with Crippen LogP contribution in [0.3, 0.4) is 0 Å².